The molecule has 0 amide bonds. The maximum atomic E-state index is 6.16. The first-order chi connectivity index (χ1) is 11.6. The topological polar surface area (TPSA) is 37.2 Å². The van der Waals surface area contributed by atoms with Gasteiger partial charge in [-0.1, -0.05) is 20.8 Å². The molecule has 4 heteroatoms. The Labute approximate surface area is 148 Å². The van der Waals surface area contributed by atoms with Crippen LogP contribution in [0.25, 0.3) is 0 Å². The molecule has 130 valence electrons. The van der Waals surface area contributed by atoms with Gasteiger partial charge in [-0.2, -0.15) is 0 Å². The normalized spacial score (nSPS) is 21.6. The summed E-state index contributed by atoms with van der Waals surface area (Å²) in [5.74, 6) is 4.03. The average molecular weight is 345 g/mol. The molecule has 0 spiro atoms. The summed E-state index contributed by atoms with van der Waals surface area (Å²) in [6, 6.07) is 4.78. The highest BCUT2D eigenvalue weighted by Crippen LogP contribution is 2.39. The maximum Gasteiger partial charge on any atom is 0.121 e. The molecule has 4 rings (SSSR count). The Kier molecular flexibility index (Phi) is 4.54. The molecule has 24 heavy (non-hydrogen) atoms. The summed E-state index contributed by atoms with van der Waals surface area (Å²) in [5.41, 5.74) is 3.00. The lowest BCUT2D eigenvalue weighted by molar-refractivity contribution is 0.390. The zero-order valence-electron chi connectivity index (χ0n) is 14.9. The van der Waals surface area contributed by atoms with Gasteiger partial charge in [0.2, 0.25) is 0 Å². The molecule has 0 bridgehead atoms. The molecule has 0 aliphatic carbocycles. The van der Waals surface area contributed by atoms with E-state index in [4.69, 9.17) is 4.42 Å². The molecule has 2 aliphatic heterocycles. The minimum absolute atomic E-state index is 0.468. The van der Waals surface area contributed by atoms with E-state index in [9.17, 15) is 0 Å². The highest BCUT2D eigenvalue weighted by Gasteiger charge is 2.27. The van der Waals surface area contributed by atoms with Crippen LogP contribution in [0.3, 0.4) is 0 Å². The zero-order chi connectivity index (χ0) is 16.7. The summed E-state index contributed by atoms with van der Waals surface area (Å²) >= 11 is 2.00. The molecule has 2 aromatic heterocycles. The monoisotopic (exact) mass is 344 g/mol. The zero-order valence-corrected chi connectivity index (χ0v) is 15.8. The van der Waals surface area contributed by atoms with Crippen LogP contribution in [-0.2, 0) is 19.5 Å². The fraction of sp³-hybridized carbons (Fsp3) is 0.600. The summed E-state index contributed by atoms with van der Waals surface area (Å²) in [6.45, 7) is 11.0. The van der Waals surface area contributed by atoms with Crippen LogP contribution >= 0.6 is 11.3 Å². The smallest absolute Gasteiger partial charge is 0.121 e. The van der Waals surface area contributed by atoms with E-state index in [1.807, 2.05) is 11.3 Å². The number of nitrogens with one attached hydrogen (secondary N) is 2. The van der Waals surface area contributed by atoms with Crippen molar-refractivity contribution in [1.82, 2.24) is 10.6 Å². The lowest BCUT2D eigenvalue weighted by atomic mass is 9.86. The van der Waals surface area contributed by atoms with Crippen LogP contribution in [-0.4, -0.2) is 13.1 Å². The molecule has 0 radical (unpaired) electrons. The predicted molar refractivity (Wildman–Crippen MR) is 100 cm³/mol. The quantitative estimate of drug-likeness (QED) is 0.858. The average Bonchev–Trinajstić information content (AvgIpc) is 3.19. The second kappa shape index (κ2) is 6.66. The van der Waals surface area contributed by atoms with Gasteiger partial charge < -0.3 is 15.1 Å². The van der Waals surface area contributed by atoms with Crippen molar-refractivity contribution in [3.63, 3.8) is 0 Å². The number of furan rings is 1. The van der Waals surface area contributed by atoms with E-state index in [1.165, 1.54) is 16.2 Å². The number of fused-ring (bicyclic) bond motifs is 2. The fourth-order valence-corrected chi connectivity index (χ4v) is 5.20. The fourth-order valence-electron chi connectivity index (χ4n) is 3.97. The predicted octanol–water partition coefficient (Wildman–Crippen LogP) is 4.49. The molecule has 0 saturated carbocycles. The Hall–Kier alpha value is -1.10. The Balaban J connectivity index is 1.52. The van der Waals surface area contributed by atoms with Gasteiger partial charge in [-0.3, -0.25) is 0 Å². The van der Waals surface area contributed by atoms with Crippen LogP contribution < -0.4 is 10.6 Å². The van der Waals surface area contributed by atoms with Gasteiger partial charge in [0.15, 0.2) is 0 Å². The number of hydrogen-bond acceptors (Lipinski definition) is 4. The maximum absolute atomic E-state index is 6.16. The molecular formula is C20H28N2OS. The van der Waals surface area contributed by atoms with Crippen molar-refractivity contribution in [1.29, 1.82) is 0 Å². The first-order valence-corrected chi connectivity index (χ1v) is 10.1. The van der Waals surface area contributed by atoms with Gasteiger partial charge in [0.1, 0.15) is 11.5 Å². The van der Waals surface area contributed by atoms with Gasteiger partial charge in [0, 0.05) is 28.8 Å². The van der Waals surface area contributed by atoms with Crippen LogP contribution in [0.2, 0.25) is 0 Å². The molecule has 2 aromatic rings. The third-order valence-corrected chi connectivity index (χ3v) is 6.89. The minimum Gasteiger partial charge on any atom is -0.464 e. The highest BCUT2D eigenvalue weighted by molar-refractivity contribution is 7.12. The molecule has 0 saturated heterocycles. The third-order valence-electron chi connectivity index (χ3n) is 5.44. The van der Waals surface area contributed by atoms with Gasteiger partial charge >= 0.3 is 0 Å². The van der Waals surface area contributed by atoms with Gasteiger partial charge in [0.05, 0.1) is 6.54 Å². The van der Waals surface area contributed by atoms with Crippen LogP contribution in [0.4, 0.5) is 0 Å². The standard InChI is InChI=1S/C20H28N2OS/c1-12(2)19-8-16-15(9-22-11-20(16)24-19)6-13(3)17-7-14-4-5-21-10-18(14)23-17/h7-8,12-13,15,21-22H,4-6,9-11H2,1-3H3. The van der Waals surface area contributed by atoms with E-state index in [0.717, 1.165) is 44.8 Å². The van der Waals surface area contributed by atoms with E-state index in [1.54, 1.807) is 10.4 Å². The van der Waals surface area contributed by atoms with Crippen LogP contribution in [0, 0.1) is 0 Å². The Morgan fingerprint density at radius 2 is 2.08 bits per heavy atom. The van der Waals surface area contributed by atoms with Crippen molar-refractivity contribution in [2.24, 2.45) is 0 Å². The largest absolute Gasteiger partial charge is 0.464 e. The van der Waals surface area contributed by atoms with Crippen molar-refractivity contribution in [3.8, 4) is 0 Å². The second-order valence-electron chi connectivity index (χ2n) is 7.67. The van der Waals surface area contributed by atoms with Crippen LogP contribution in [0.5, 0.6) is 0 Å². The Morgan fingerprint density at radius 3 is 2.88 bits per heavy atom. The van der Waals surface area contributed by atoms with Crippen molar-refractivity contribution < 1.29 is 4.42 Å². The van der Waals surface area contributed by atoms with E-state index in [2.05, 4.69) is 43.5 Å². The van der Waals surface area contributed by atoms with Gasteiger partial charge in [0.25, 0.3) is 0 Å². The number of thiophene rings is 1. The molecule has 2 unspecified atom stereocenters. The van der Waals surface area contributed by atoms with Crippen molar-refractivity contribution in [3.05, 3.63) is 44.5 Å². The lowest BCUT2D eigenvalue weighted by Crippen LogP contribution is -2.27. The van der Waals surface area contributed by atoms with Crippen molar-refractivity contribution >= 4 is 11.3 Å². The SMILES string of the molecule is CC(C)c1cc2c(s1)CNCC2CC(C)c1cc2c(o1)CNCC2. The van der Waals surface area contributed by atoms with E-state index >= 15 is 0 Å². The van der Waals surface area contributed by atoms with Crippen LogP contribution in [0.15, 0.2) is 16.5 Å². The van der Waals surface area contributed by atoms with Gasteiger partial charge in [-0.05, 0) is 54.5 Å². The van der Waals surface area contributed by atoms with Crippen molar-refractivity contribution in [2.45, 2.75) is 64.5 Å². The first kappa shape index (κ1) is 16.4. The Morgan fingerprint density at radius 1 is 1.21 bits per heavy atom. The summed E-state index contributed by atoms with van der Waals surface area (Å²) < 4.78 is 6.16. The molecule has 2 N–H and O–H groups in total. The van der Waals surface area contributed by atoms with Crippen molar-refractivity contribution in [2.75, 3.05) is 13.1 Å². The molecule has 0 aromatic carbocycles. The summed E-state index contributed by atoms with van der Waals surface area (Å²) in [6.07, 6.45) is 2.26. The van der Waals surface area contributed by atoms with E-state index < -0.39 is 0 Å². The van der Waals surface area contributed by atoms with Gasteiger partial charge in [-0.15, -0.1) is 11.3 Å². The summed E-state index contributed by atoms with van der Waals surface area (Å²) in [5, 5.41) is 7.02. The highest BCUT2D eigenvalue weighted by atomic mass is 32.1. The molecular weight excluding hydrogens is 316 g/mol. The molecule has 3 nitrogen and oxygen atoms in total. The summed E-state index contributed by atoms with van der Waals surface area (Å²) in [7, 11) is 0. The number of rotatable bonds is 4. The molecule has 2 aliphatic rings. The van der Waals surface area contributed by atoms with E-state index in [-0.39, 0.29) is 0 Å². The van der Waals surface area contributed by atoms with Gasteiger partial charge in [-0.25, -0.2) is 0 Å². The Bertz CT molecular complexity index is 692. The third kappa shape index (κ3) is 3.07. The van der Waals surface area contributed by atoms with E-state index in [0.29, 0.717) is 17.8 Å². The van der Waals surface area contributed by atoms with Crippen LogP contribution in [0.1, 0.15) is 77.3 Å². The summed E-state index contributed by atoms with van der Waals surface area (Å²) in [4.78, 5) is 3.07. The molecule has 2 atom stereocenters. The molecule has 4 heterocycles. The minimum atomic E-state index is 0.468. The second-order valence-corrected chi connectivity index (χ2v) is 8.84. The molecule has 0 fully saturated rings. The lowest BCUT2D eigenvalue weighted by Gasteiger charge is -2.25. The number of hydrogen-bond donors (Lipinski definition) is 2. The first-order valence-electron chi connectivity index (χ1n) is 9.27.